The Bertz CT molecular complexity index is 602. The Kier molecular flexibility index (Phi) is 4.50. The van der Waals surface area contributed by atoms with Crippen molar-refractivity contribution in [3.63, 3.8) is 0 Å². The Morgan fingerprint density at radius 2 is 1.79 bits per heavy atom. The first-order chi connectivity index (χ1) is 8.97. The van der Waals surface area contributed by atoms with Gasteiger partial charge in [-0.25, -0.2) is 4.98 Å². The van der Waals surface area contributed by atoms with Crippen LogP contribution in [0.25, 0.3) is 11.3 Å². The maximum atomic E-state index is 6.12. The second-order valence-corrected chi connectivity index (χ2v) is 5.34. The molecule has 0 unspecified atom stereocenters. The highest BCUT2D eigenvalue weighted by Gasteiger charge is 2.11. The SMILES string of the molecule is CC(C)Oc1cncc(-c2nc(Cl)c(Cl)cc2Cl)c1. The molecule has 0 amide bonds. The molecule has 19 heavy (non-hydrogen) atoms. The lowest BCUT2D eigenvalue weighted by Gasteiger charge is -2.11. The molecule has 0 aliphatic carbocycles. The van der Waals surface area contributed by atoms with Gasteiger partial charge in [-0.15, -0.1) is 0 Å². The molecule has 2 aromatic heterocycles. The second kappa shape index (κ2) is 5.95. The molecular weight excluding hydrogens is 307 g/mol. The summed E-state index contributed by atoms with van der Waals surface area (Å²) >= 11 is 17.9. The van der Waals surface area contributed by atoms with Crippen molar-refractivity contribution in [1.82, 2.24) is 9.97 Å². The Labute approximate surface area is 126 Å². The van der Waals surface area contributed by atoms with E-state index < -0.39 is 0 Å². The van der Waals surface area contributed by atoms with Gasteiger partial charge in [0.25, 0.3) is 0 Å². The van der Waals surface area contributed by atoms with Gasteiger partial charge in [0.1, 0.15) is 10.9 Å². The smallest absolute Gasteiger partial charge is 0.148 e. The van der Waals surface area contributed by atoms with Gasteiger partial charge in [0.15, 0.2) is 0 Å². The van der Waals surface area contributed by atoms with E-state index in [0.29, 0.717) is 21.5 Å². The molecule has 0 radical (unpaired) electrons. The van der Waals surface area contributed by atoms with Gasteiger partial charge in [0.2, 0.25) is 0 Å². The number of hydrogen-bond donors (Lipinski definition) is 0. The maximum absolute atomic E-state index is 6.12. The van der Waals surface area contributed by atoms with Crippen LogP contribution in [0.3, 0.4) is 0 Å². The normalized spacial score (nSPS) is 10.8. The minimum Gasteiger partial charge on any atom is -0.489 e. The summed E-state index contributed by atoms with van der Waals surface area (Å²) in [6.45, 7) is 3.88. The zero-order valence-corrected chi connectivity index (χ0v) is 12.6. The number of rotatable bonds is 3. The molecule has 0 bridgehead atoms. The third-order valence-electron chi connectivity index (χ3n) is 2.25. The van der Waals surface area contributed by atoms with E-state index in [-0.39, 0.29) is 11.3 Å². The molecule has 6 heteroatoms. The molecular formula is C13H11Cl3N2O. The van der Waals surface area contributed by atoms with Crippen LogP contribution in [0, 0.1) is 0 Å². The standard InChI is InChI=1S/C13H11Cl3N2O/c1-7(2)19-9-3-8(5-17-6-9)12-10(14)4-11(15)13(16)18-12/h3-7H,1-2H3. The molecule has 2 aromatic rings. The highest BCUT2D eigenvalue weighted by molar-refractivity contribution is 6.42. The van der Waals surface area contributed by atoms with E-state index in [1.807, 2.05) is 19.9 Å². The Morgan fingerprint density at radius 1 is 1.05 bits per heavy atom. The van der Waals surface area contributed by atoms with Gasteiger partial charge in [-0.1, -0.05) is 34.8 Å². The number of pyridine rings is 2. The summed E-state index contributed by atoms with van der Waals surface area (Å²) < 4.78 is 5.58. The summed E-state index contributed by atoms with van der Waals surface area (Å²) in [4.78, 5) is 8.28. The molecule has 0 spiro atoms. The number of ether oxygens (including phenoxy) is 1. The third kappa shape index (κ3) is 3.50. The quantitative estimate of drug-likeness (QED) is 0.756. The fourth-order valence-corrected chi connectivity index (χ4v) is 2.14. The lowest BCUT2D eigenvalue weighted by Crippen LogP contribution is -2.05. The lowest BCUT2D eigenvalue weighted by atomic mass is 10.2. The fraction of sp³-hybridized carbons (Fsp3) is 0.231. The molecule has 3 nitrogen and oxygen atoms in total. The summed E-state index contributed by atoms with van der Waals surface area (Å²) in [5, 5.41) is 0.937. The summed E-state index contributed by atoms with van der Waals surface area (Å²) in [6, 6.07) is 3.37. The van der Waals surface area contributed by atoms with E-state index >= 15 is 0 Å². The molecule has 2 rings (SSSR count). The monoisotopic (exact) mass is 316 g/mol. The van der Waals surface area contributed by atoms with Crippen molar-refractivity contribution in [3.8, 4) is 17.0 Å². The second-order valence-electron chi connectivity index (χ2n) is 4.17. The van der Waals surface area contributed by atoms with Gasteiger partial charge in [0.05, 0.1) is 28.0 Å². The zero-order valence-electron chi connectivity index (χ0n) is 10.3. The number of halogens is 3. The molecule has 2 heterocycles. The third-order valence-corrected chi connectivity index (χ3v) is 3.21. The average Bonchev–Trinajstić information content (AvgIpc) is 2.33. The summed E-state index contributed by atoms with van der Waals surface area (Å²) in [5.74, 6) is 0.649. The van der Waals surface area contributed by atoms with Gasteiger partial charge in [-0.05, 0) is 26.0 Å². The molecule has 0 N–H and O–H groups in total. The Balaban J connectivity index is 2.44. The van der Waals surface area contributed by atoms with Crippen LogP contribution >= 0.6 is 34.8 Å². The molecule has 0 fully saturated rings. The number of hydrogen-bond acceptors (Lipinski definition) is 3. The van der Waals surface area contributed by atoms with Crippen molar-refractivity contribution in [1.29, 1.82) is 0 Å². The average molecular weight is 318 g/mol. The van der Waals surface area contributed by atoms with Crippen molar-refractivity contribution < 1.29 is 4.74 Å². The van der Waals surface area contributed by atoms with Crippen molar-refractivity contribution in [2.24, 2.45) is 0 Å². The summed E-state index contributed by atoms with van der Waals surface area (Å²) in [5.41, 5.74) is 1.25. The molecule has 0 atom stereocenters. The topological polar surface area (TPSA) is 35.0 Å². The van der Waals surface area contributed by atoms with E-state index in [9.17, 15) is 0 Å². The van der Waals surface area contributed by atoms with Crippen LogP contribution < -0.4 is 4.74 Å². The largest absolute Gasteiger partial charge is 0.489 e. The van der Waals surface area contributed by atoms with Crippen LogP contribution in [0.4, 0.5) is 0 Å². The Hall–Kier alpha value is -1.03. The van der Waals surface area contributed by atoms with Crippen LogP contribution in [-0.2, 0) is 0 Å². The first kappa shape index (κ1) is 14.4. The van der Waals surface area contributed by atoms with Crippen molar-refractivity contribution in [2.45, 2.75) is 20.0 Å². The van der Waals surface area contributed by atoms with E-state index in [1.165, 1.54) is 0 Å². The van der Waals surface area contributed by atoms with Crippen LogP contribution in [0.2, 0.25) is 15.2 Å². The first-order valence-electron chi connectivity index (χ1n) is 5.61. The van der Waals surface area contributed by atoms with E-state index in [4.69, 9.17) is 39.5 Å². The van der Waals surface area contributed by atoms with Gasteiger partial charge in [-0.3, -0.25) is 4.98 Å². The van der Waals surface area contributed by atoms with Crippen LogP contribution in [-0.4, -0.2) is 16.1 Å². The predicted octanol–water partition coefficient (Wildman–Crippen LogP) is 4.89. The first-order valence-corrected chi connectivity index (χ1v) is 6.74. The minimum atomic E-state index is 0.0642. The van der Waals surface area contributed by atoms with Gasteiger partial charge in [-0.2, -0.15) is 0 Å². The van der Waals surface area contributed by atoms with Crippen molar-refractivity contribution in [3.05, 3.63) is 39.7 Å². The van der Waals surface area contributed by atoms with E-state index in [2.05, 4.69) is 9.97 Å². The van der Waals surface area contributed by atoms with E-state index in [1.54, 1.807) is 18.5 Å². The van der Waals surface area contributed by atoms with Crippen molar-refractivity contribution >= 4 is 34.8 Å². The fourth-order valence-electron chi connectivity index (χ4n) is 1.53. The molecule has 0 saturated carbocycles. The minimum absolute atomic E-state index is 0.0642. The molecule has 100 valence electrons. The molecule has 0 aromatic carbocycles. The summed E-state index contributed by atoms with van der Waals surface area (Å²) in [7, 11) is 0. The predicted molar refractivity (Wildman–Crippen MR) is 78.3 cm³/mol. The maximum Gasteiger partial charge on any atom is 0.148 e. The molecule has 0 aliphatic rings. The molecule has 0 aliphatic heterocycles. The lowest BCUT2D eigenvalue weighted by molar-refractivity contribution is 0.241. The highest BCUT2D eigenvalue weighted by atomic mass is 35.5. The highest BCUT2D eigenvalue weighted by Crippen LogP contribution is 2.33. The van der Waals surface area contributed by atoms with Gasteiger partial charge in [0, 0.05) is 11.8 Å². The number of nitrogens with zero attached hydrogens (tertiary/aromatic N) is 2. The zero-order chi connectivity index (χ0) is 14.0. The number of aromatic nitrogens is 2. The Morgan fingerprint density at radius 3 is 2.47 bits per heavy atom. The van der Waals surface area contributed by atoms with Crippen LogP contribution in [0.5, 0.6) is 5.75 Å². The van der Waals surface area contributed by atoms with Crippen LogP contribution in [0.15, 0.2) is 24.5 Å². The van der Waals surface area contributed by atoms with Gasteiger partial charge >= 0.3 is 0 Å². The van der Waals surface area contributed by atoms with Crippen LogP contribution in [0.1, 0.15) is 13.8 Å². The molecule has 0 saturated heterocycles. The van der Waals surface area contributed by atoms with Gasteiger partial charge < -0.3 is 4.74 Å². The van der Waals surface area contributed by atoms with E-state index in [0.717, 1.165) is 5.56 Å². The van der Waals surface area contributed by atoms with Crippen molar-refractivity contribution in [2.75, 3.05) is 0 Å². The summed E-state index contributed by atoms with van der Waals surface area (Å²) in [6.07, 6.45) is 3.34.